The first kappa shape index (κ1) is 13.8. The van der Waals surface area contributed by atoms with Crippen molar-refractivity contribution in [3.8, 4) is 0 Å². The Morgan fingerprint density at radius 3 is 2.44 bits per heavy atom. The van der Waals surface area contributed by atoms with Gasteiger partial charge in [0.25, 0.3) is 0 Å². The van der Waals surface area contributed by atoms with E-state index in [4.69, 9.17) is 0 Å². The maximum absolute atomic E-state index is 12.4. The molecule has 1 aliphatic carbocycles. The number of fused-ring (bicyclic) bond motifs is 1. The van der Waals surface area contributed by atoms with Crippen LogP contribution in [-0.2, 0) is 14.8 Å². The Hall–Kier alpha value is -0.620. The zero-order valence-corrected chi connectivity index (χ0v) is 11.7. The van der Waals surface area contributed by atoms with Gasteiger partial charge in [-0.05, 0) is 39.0 Å². The second kappa shape index (κ2) is 4.81. The first-order chi connectivity index (χ1) is 8.35. The van der Waals surface area contributed by atoms with Crippen molar-refractivity contribution in [3.05, 3.63) is 0 Å². The smallest absolute Gasteiger partial charge is 0.322 e. The summed E-state index contributed by atoms with van der Waals surface area (Å²) in [5.74, 6) is -0.776. The van der Waals surface area contributed by atoms with Crippen LogP contribution in [0.3, 0.4) is 0 Å². The van der Waals surface area contributed by atoms with Gasteiger partial charge >= 0.3 is 5.97 Å². The summed E-state index contributed by atoms with van der Waals surface area (Å²) in [5, 5.41) is 8.71. The van der Waals surface area contributed by atoms with Crippen LogP contribution in [0.2, 0.25) is 0 Å². The molecule has 6 heteroatoms. The first-order valence-electron chi connectivity index (χ1n) is 6.61. The topological polar surface area (TPSA) is 74.7 Å². The molecule has 1 heterocycles. The average molecular weight is 275 g/mol. The van der Waals surface area contributed by atoms with E-state index in [0.29, 0.717) is 6.42 Å². The highest BCUT2D eigenvalue weighted by Gasteiger charge is 2.51. The number of carboxylic acid groups (broad SMARTS) is 1. The van der Waals surface area contributed by atoms with Gasteiger partial charge in [-0.25, -0.2) is 8.42 Å². The summed E-state index contributed by atoms with van der Waals surface area (Å²) in [5.41, 5.74) is 0. The van der Waals surface area contributed by atoms with Gasteiger partial charge < -0.3 is 5.11 Å². The minimum atomic E-state index is -3.49. The fraction of sp³-hybridized carbons (Fsp3) is 0.917. The molecule has 0 aromatic heterocycles. The quantitative estimate of drug-likeness (QED) is 0.845. The summed E-state index contributed by atoms with van der Waals surface area (Å²) in [4.78, 5) is 11.3. The van der Waals surface area contributed by atoms with Gasteiger partial charge in [-0.2, -0.15) is 4.31 Å². The number of sulfonamides is 1. The normalized spacial score (nSPS) is 33.6. The number of rotatable bonds is 3. The van der Waals surface area contributed by atoms with Crippen molar-refractivity contribution >= 4 is 16.0 Å². The van der Waals surface area contributed by atoms with E-state index in [2.05, 4.69) is 0 Å². The van der Waals surface area contributed by atoms with Gasteiger partial charge in [0.2, 0.25) is 10.0 Å². The van der Waals surface area contributed by atoms with E-state index in [-0.39, 0.29) is 12.0 Å². The third-order valence-corrected chi connectivity index (χ3v) is 6.51. The number of carbonyl (C=O) groups is 1. The van der Waals surface area contributed by atoms with Crippen molar-refractivity contribution in [1.82, 2.24) is 4.31 Å². The minimum Gasteiger partial charge on any atom is -0.480 e. The molecule has 0 spiro atoms. The molecule has 0 radical (unpaired) electrons. The molecule has 1 aliphatic heterocycles. The van der Waals surface area contributed by atoms with Crippen LogP contribution in [-0.4, -0.2) is 41.1 Å². The zero-order valence-electron chi connectivity index (χ0n) is 10.9. The van der Waals surface area contributed by atoms with E-state index < -0.39 is 27.3 Å². The molecule has 0 bridgehead atoms. The van der Waals surface area contributed by atoms with E-state index in [1.165, 1.54) is 4.31 Å². The minimum absolute atomic E-state index is 0.0905. The van der Waals surface area contributed by atoms with Gasteiger partial charge in [-0.1, -0.05) is 12.8 Å². The molecular weight excluding hydrogens is 254 g/mol. The Labute approximate surface area is 108 Å². The predicted molar refractivity (Wildman–Crippen MR) is 67.7 cm³/mol. The lowest BCUT2D eigenvalue weighted by Gasteiger charge is -2.33. The van der Waals surface area contributed by atoms with E-state index in [0.717, 1.165) is 25.7 Å². The monoisotopic (exact) mass is 275 g/mol. The molecule has 1 saturated carbocycles. The van der Waals surface area contributed by atoms with Crippen LogP contribution >= 0.6 is 0 Å². The van der Waals surface area contributed by atoms with Gasteiger partial charge in [-0.3, -0.25) is 4.79 Å². The van der Waals surface area contributed by atoms with Crippen LogP contribution in [0.15, 0.2) is 0 Å². The highest BCUT2D eigenvalue weighted by atomic mass is 32.2. The first-order valence-corrected chi connectivity index (χ1v) is 8.11. The standard InChI is InChI=1S/C12H21NO4S/c1-8(2)18(16,17)13-10-6-4-3-5-9(10)7-11(13)12(14)15/h8-11H,3-7H2,1-2H3,(H,14,15). The van der Waals surface area contributed by atoms with Gasteiger partial charge in [-0.15, -0.1) is 0 Å². The van der Waals surface area contributed by atoms with Crippen LogP contribution in [0.5, 0.6) is 0 Å². The maximum atomic E-state index is 12.4. The molecule has 0 aromatic rings. The van der Waals surface area contributed by atoms with Crippen molar-refractivity contribution in [2.75, 3.05) is 0 Å². The summed E-state index contributed by atoms with van der Waals surface area (Å²) in [6, 6.07) is -0.947. The summed E-state index contributed by atoms with van der Waals surface area (Å²) >= 11 is 0. The number of nitrogens with zero attached hydrogens (tertiary/aromatic N) is 1. The zero-order chi connectivity index (χ0) is 13.5. The van der Waals surface area contributed by atoms with Crippen LogP contribution < -0.4 is 0 Å². The number of hydrogen-bond acceptors (Lipinski definition) is 3. The number of carboxylic acids is 1. The predicted octanol–water partition coefficient (Wildman–Crippen LogP) is 1.44. The number of hydrogen-bond donors (Lipinski definition) is 1. The fourth-order valence-electron chi connectivity index (χ4n) is 3.24. The Bertz CT molecular complexity index is 431. The summed E-state index contributed by atoms with van der Waals surface area (Å²) in [6.45, 7) is 3.23. The van der Waals surface area contributed by atoms with Crippen molar-refractivity contribution in [3.63, 3.8) is 0 Å². The molecule has 1 N–H and O–H groups in total. The Balaban J connectivity index is 2.36. The lowest BCUT2D eigenvalue weighted by molar-refractivity contribution is -0.141. The molecule has 1 saturated heterocycles. The SMILES string of the molecule is CC(C)S(=O)(=O)N1C(C(=O)O)CC2CCCCC21. The Kier molecular flexibility index (Phi) is 3.69. The largest absolute Gasteiger partial charge is 0.480 e. The molecule has 2 rings (SSSR count). The molecule has 5 nitrogen and oxygen atoms in total. The van der Waals surface area contributed by atoms with Crippen molar-refractivity contribution in [2.24, 2.45) is 5.92 Å². The van der Waals surface area contributed by atoms with Gasteiger partial charge in [0.05, 0.1) is 5.25 Å². The van der Waals surface area contributed by atoms with Crippen molar-refractivity contribution < 1.29 is 18.3 Å². The molecular formula is C12H21NO4S. The van der Waals surface area contributed by atoms with Crippen molar-refractivity contribution in [2.45, 2.75) is 63.3 Å². The van der Waals surface area contributed by atoms with Crippen LogP contribution in [0.1, 0.15) is 46.0 Å². The lowest BCUT2D eigenvalue weighted by atomic mass is 9.85. The molecule has 0 aromatic carbocycles. The molecule has 18 heavy (non-hydrogen) atoms. The molecule has 0 amide bonds. The highest BCUT2D eigenvalue weighted by molar-refractivity contribution is 7.89. The average Bonchev–Trinajstić information content (AvgIpc) is 2.68. The molecule has 3 unspecified atom stereocenters. The van der Waals surface area contributed by atoms with E-state index >= 15 is 0 Å². The van der Waals surface area contributed by atoms with Gasteiger partial charge in [0, 0.05) is 6.04 Å². The number of aliphatic carboxylic acids is 1. The molecule has 3 atom stereocenters. The molecule has 2 aliphatic rings. The van der Waals surface area contributed by atoms with E-state index in [1.807, 2.05) is 0 Å². The van der Waals surface area contributed by atoms with Gasteiger partial charge in [0.15, 0.2) is 0 Å². The summed E-state index contributed by atoms with van der Waals surface area (Å²) < 4.78 is 26.0. The second-order valence-electron chi connectivity index (χ2n) is 5.63. The van der Waals surface area contributed by atoms with Crippen LogP contribution in [0.4, 0.5) is 0 Å². The third kappa shape index (κ3) is 2.16. The maximum Gasteiger partial charge on any atom is 0.322 e. The van der Waals surface area contributed by atoms with Crippen LogP contribution in [0.25, 0.3) is 0 Å². The van der Waals surface area contributed by atoms with Crippen LogP contribution in [0, 0.1) is 5.92 Å². The molecule has 2 fully saturated rings. The van der Waals surface area contributed by atoms with Crippen molar-refractivity contribution in [1.29, 1.82) is 0 Å². The summed E-state index contributed by atoms with van der Waals surface area (Å²) in [7, 11) is -3.49. The van der Waals surface area contributed by atoms with E-state index in [9.17, 15) is 18.3 Å². The third-order valence-electron chi connectivity index (χ3n) is 4.20. The second-order valence-corrected chi connectivity index (χ2v) is 8.02. The van der Waals surface area contributed by atoms with E-state index in [1.54, 1.807) is 13.8 Å². The lowest BCUT2D eigenvalue weighted by Crippen LogP contribution is -2.48. The summed E-state index contributed by atoms with van der Waals surface area (Å²) in [6.07, 6.45) is 4.33. The molecule has 104 valence electrons. The fourth-order valence-corrected chi connectivity index (χ4v) is 4.91. The Morgan fingerprint density at radius 2 is 1.89 bits per heavy atom. The Morgan fingerprint density at radius 1 is 1.28 bits per heavy atom. The highest BCUT2D eigenvalue weighted by Crippen LogP contribution is 2.42. The van der Waals surface area contributed by atoms with Gasteiger partial charge in [0.1, 0.15) is 6.04 Å².